The minimum Gasteiger partial charge on any atom is -0.469 e. The van der Waals surface area contributed by atoms with E-state index in [0.29, 0.717) is 25.4 Å². The highest BCUT2D eigenvalue weighted by atomic mass is 31.3. The Morgan fingerprint density at radius 1 is 0.967 bits per heavy atom. The summed E-state index contributed by atoms with van der Waals surface area (Å²) in [5.41, 5.74) is 0. The van der Waals surface area contributed by atoms with Crippen molar-refractivity contribution in [3.05, 3.63) is 0 Å². The topological polar surface area (TPSA) is 125 Å². The lowest BCUT2D eigenvalue weighted by Gasteiger charge is -2.52. The van der Waals surface area contributed by atoms with Crippen molar-refractivity contribution >= 4 is 35.0 Å². The highest BCUT2D eigenvalue weighted by Crippen LogP contribution is 3.00. The summed E-state index contributed by atoms with van der Waals surface area (Å²) in [6, 6.07) is 0. The lowest BCUT2D eigenvalue weighted by molar-refractivity contribution is -0.346. The van der Waals surface area contributed by atoms with E-state index in [9.17, 15) is 14.2 Å². The van der Waals surface area contributed by atoms with Crippen LogP contribution in [-0.4, -0.2) is 63.5 Å². The van der Waals surface area contributed by atoms with Crippen molar-refractivity contribution in [2.45, 2.75) is 44.5 Å². The molecule has 0 spiro atoms. The van der Waals surface area contributed by atoms with Gasteiger partial charge in [0, 0.05) is 6.16 Å². The molecular formula is C16H27O11P3+2. The fraction of sp³-hybridized carbons (Fsp3) is 0.875. The van der Waals surface area contributed by atoms with Crippen LogP contribution in [0.5, 0.6) is 0 Å². The summed E-state index contributed by atoms with van der Waals surface area (Å²) in [7, 11) is -5.21. The Hall–Kier alpha value is -0.210. The first-order valence-corrected chi connectivity index (χ1v) is 15.5. The number of hydrogen-bond acceptors (Lipinski definition) is 11. The van der Waals surface area contributed by atoms with Crippen LogP contribution in [0.1, 0.15) is 26.2 Å². The van der Waals surface area contributed by atoms with Crippen molar-refractivity contribution < 1.29 is 50.8 Å². The molecule has 6 aliphatic rings. The quantitative estimate of drug-likeness (QED) is 0.297. The molecule has 6 fully saturated rings. The molecule has 0 saturated carbocycles. The third-order valence-electron chi connectivity index (χ3n) is 5.64. The van der Waals surface area contributed by atoms with Gasteiger partial charge in [-0.3, -0.25) is 9.59 Å². The molecule has 0 radical (unpaired) electrons. The van der Waals surface area contributed by atoms with E-state index in [-0.39, 0.29) is 18.1 Å². The van der Waals surface area contributed by atoms with E-state index in [4.69, 9.17) is 36.6 Å². The summed E-state index contributed by atoms with van der Waals surface area (Å²) < 4.78 is 56.3. The first kappa shape index (κ1) is 23.0. The third-order valence-corrected chi connectivity index (χ3v) is 14.9. The van der Waals surface area contributed by atoms with Gasteiger partial charge in [-0.05, 0) is 25.9 Å². The average molecular weight is 488 g/mol. The van der Waals surface area contributed by atoms with Gasteiger partial charge in [0.1, 0.15) is 0 Å². The van der Waals surface area contributed by atoms with Crippen molar-refractivity contribution in [2.24, 2.45) is 11.8 Å². The van der Waals surface area contributed by atoms with E-state index in [2.05, 4.69) is 0 Å². The van der Waals surface area contributed by atoms with Crippen molar-refractivity contribution in [3.63, 3.8) is 0 Å². The Morgan fingerprint density at radius 3 is 1.87 bits per heavy atom. The predicted octanol–water partition coefficient (Wildman–Crippen LogP) is 3.32. The first-order valence-electron chi connectivity index (χ1n) is 9.71. The van der Waals surface area contributed by atoms with E-state index in [0.717, 1.165) is 0 Å². The molecule has 0 amide bonds. The fourth-order valence-corrected chi connectivity index (χ4v) is 14.0. The molecule has 4 bridgehead atoms. The highest BCUT2D eigenvalue weighted by Gasteiger charge is 2.97. The van der Waals surface area contributed by atoms with Gasteiger partial charge in [0.25, 0.3) is 0 Å². The maximum absolute atomic E-state index is 13.3. The molecule has 6 rings (SSSR count). The molecule has 3 unspecified atom stereocenters. The summed E-state index contributed by atoms with van der Waals surface area (Å²) in [5, 5.41) is -0.438. The number of ether oxygens (including phenoxy) is 2. The minimum absolute atomic E-state index is 0.259. The van der Waals surface area contributed by atoms with Gasteiger partial charge in [-0.1, -0.05) is 6.92 Å². The summed E-state index contributed by atoms with van der Waals surface area (Å²) in [6.07, 6.45) is 1.95. The van der Waals surface area contributed by atoms with E-state index in [1.165, 1.54) is 14.2 Å². The van der Waals surface area contributed by atoms with Crippen molar-refractivity contribution in [2.75, 3.05) is 33.2 Å². The Bertz CT molecular complexity index is 701. The summed E-state index contributed by atoms with van der Waals surface area (Å²) in [4.78, 5) is 23.8. The Kier molecular flexibility index (Phi) is 6.35. The van der Waals surface area contributed by atoms with Gasteiger partial charge in [0.2, 0.25) is 0 Å². The molecule has 6 heterocycles. The maximum Gasteiger partial charge on any atom is 0.479 e. The number of hydrogen-bond donors (Lipinski definition) is 0. The summed E-state index contributed by atoms with van der Waals surface area (Å²) in [5.74, 6) is -1.67. The molecular weight excluding hydrogens is 461 g/mol. The van der Waals surface area contributed by atoms with E-state index >= 15 is 0 Å². The second kappa shape index (κ2) is 8.29. The van der Waals surface area contributed by atoms with Crippen molar-refractivity contribution in [1.29, 1.82) is 0 Å². The number of rotatable bonds is 12. The summed E-state index contributed by atoms with van der Waals surface area (Å²) in [6.45, 7) is 2.14. The molecule has 6 aliphatic heterocycles. The summed E-state index contributed by atoms with van der Waals surface area (Å²) >= 11 is 0. The third kappa shape index (κ3) is 4.09. The van der Waals surface area contributed by atoms with Crippen LogP contribution >= 0.6 is 23.0 Å². The van der Waals surface area contributed by atoms with Crippen LogP contribution < -0.4 is 0 Å². The Labute approximate surface area is 175 Å². The smallest absolute Gasteiger partial charge is 0.469 e. The van der Waals surface area contributed by atoms with Gasteiger partial charge < -0.3 is 14.0 Å². The first-order chi connectivity index (χ1) is 14.1. The van der Waals surface area contributed by atoms with Crippen LogP contribution in [0.25, 0.3) is 0 Å². The van der Waals surface area contributed by atoms with Gasteiger partial charge in [0.15, 0.2) is 0 Å². The Morgan fingerprint density at radius 2 is 1.47 bits per heavy atom. The Balaban J connectivity index is 1.31. The van der Waals surface area contributed by atoms with Gasteiger partial charge in [-0.2, -0.15) is 0 Å². The normalized spacial score (nSPS) is 37.7. The van der Waals surface area contributed by atoms with Crippen LogP contribution in [0.4, 0.5) is 0 Å². The fourth-order valence-electron chi connectivity index (χ4n) is 3.89. The van der Waals surface area contributed by atoms with Crippen LogP contribution in [-0.2, 0) is 50.8 Å². The molecule has 30 heavy (non-hydrogen) atoms. The molecule has 0 N–H and O–H groups in total. The standard InChI is InChI=1S/C16H27O11P3/c1-10(13(17)20-2)8-11(14(18)21-3)6-5-7-28(4,19)9-12(29-22-15(23-29)24-29)30-25-16(26-30)27-30/h10-12,15-16H,5-9H2,1-4H3/q+2. The maximum atomic E-state index is 13.3. The van der Waals surface area contributed by atoms with Crippen LogP contribution in [0, 0.1) is 11.8 Å². The van der Waals surface area contributed by atoms with Crippen LogP contribution in [0.2, 0.25) is 0 Å². The van der Waals surface area contributed by atoms with Crippen LogP contribution in [0.15, 0.2) is 0 Å². The molecule has 3 atom stereocenters. The van der Waals surface area contributed by atoms with Crippen molar-refractivity contribution in [1.82, 2.24) is 0 Å². The second-order valence-corrected chi connectivity index (χ2v) is 16.5. The number of esters is 2. The molecule has 0 aliphatic carbocycles. The van der Waals surface area contributed by atoms with Gasteiger partial charge in [-0.15, -0.1) is 27.1 Å². The molecule has 6 saturated heterocycles. The van der Waals surface area contributed by atoms with Gasteiger partial charge in [0.05, 0.1) is 39.4 Å². The molecule has 170 valence electrons. The lowest BCUT2D eigenvalue weighted by Crippen LogP contribution is -2.59. The minimum atomic E-state index is -2.67. The zero-order valence-electron chi connectivity index (χ0n) is 17.3. The van der Waals surface area contributed by atoms with E-state index < -0.39 is 53.2 Å². The molecule has 14 heteroatoms. The average Bonchev–Trinajstić information content (AvgIpc) is 2.53. The largest absolute Gasteiger partial charge is 0.479 e. The number of carbonyl (C=O) groups excluding carboxylic acids is 2. The monoisotopic (exact) mass is 488 g/mol. The highest BCUT2D eigenvalue weighted by molar-refractivity contribution is 7.83. The molecule has 11 nitrogen and oxygen atoms in total. The number of methoxy groups -OCH3 is 2. The molecule has 0 aromatic rings. The van der Waals surface area contributed by atoms with Gasteiger partial charge >= 0.3 is 46.2 Å². The molecule has 0 aromatic heterocycles. The predicted molar refractivity (Wildman–Crippen MR) is 106 cm³/mol. The lowest BCUT2D eigenvalue weighted by atomic mass is 9.92. The van der Waals surface area contributed by atoms with Crippen LogP contribution in [0.3, 0.4) is 0 Å². The zero-order valence-corrected chi connectivity index (χ0v) is 19.9. The van der Waals surface area contributed by atoms with Gasteiger partial charge in [-0.25, -0.2) is 0 Å². The SMILES string of the molecule is COC(=O)C(C)CC(CCCP(C)(=O)CC([P+]12OC(O1)O2)[P+]12OC(O1)O2)C(=O)OC. The molecule has 0 aromatic carbocycles. The second-order valence-electron chi connectivity index (χ2n) is 8.00. The van der Waals surface area contributed by atoms with E-state index in [1.54, 1.807) is 13.6 Å². The van der Waals surface area contributed by atoms with E-state index in [1.807, 2.05) is 0 Å². The van der Waals surface area contributed by atoms with Crippen molar-refractivity contribution in [3.8, 4) is 0 Å². The number of carbonyl (C=O) groups is 2. The zero-order chi connectivity index (χ0) is 21.7.